The fourth-order valence-corrected chi connectivity index (χ4v) is 3.89. The summed E-state index contributed by atoms with van der Waals surface area (Å²) < 4.78 is 27.5. The number of hydrazone groups is 1. The Hall–Kier alpha value is -2.67. The van der Waals surface area contributed by atoms with Crippen molar-refractivity contribution < 1.29 is 13.2 Å². The van der Waals surface area contributed by atoms with Crippen LogP contribution >= 0.6 is 0 Å². The van der Waals surface area contributed by atoms with Crippen LogP contribution in [0.5, 0.6) is 0 Å². The van der Waals surface area contributed by atoms with Crippen LogP contribution in [0.2, 0.25) is 0 Å². The van der Waals surface area contributed by atoms with E-state index < -0.39 is 15.9 Å². The molecule has 2 rings (SSSR count). The molecule has 0 radical (unpaired) electrons. The predicted octanol–water partition coefficient (Wildman–Crippen LogP) is 2.96. The molecule has 138 valence electrons. The molecule has 6 nitrogen and oxygen atoms in total. The summed E-state index contributed by atoms with van der Waals surface area (Å²) in [5, 5.41) is 3.86. The van der Waals surface area contributed by atoms with Crippen LogP contribution in [0, 0.1) is 0 Å². The molecular weight excluding hydrogens is 350 g/mol. The van der Waals surface area contributed by atoms with Crippen molar-refractivity contribution >= 4 is 27.3 Å². The van der Waals surface area contributed by atoms with Gasteiger partial charge >= 0.3 is 0 Å². The Morgan fingerprint density at radius 3 is 2.27 bits per heavy atom. The average molecular weight is 373 g/mol. The Balaban J connectivity index is 2.49. The fraction of sp³-hybridized carbons (Fsp3) is 0.263. The van der Waals surface area contributed by atoms with Gasteiger partial charge in [-0.3, -0.25) is 9.10 Å². The van der Waals surface area contributed by atoms with E-state index in [1.54, 1.807) is 44.2 Å². The van der Waals surface area contributed by atoms with Gasteiger partial charge in [0.25, 0.3) is 15.9 Å². The number of anilines is 1. The lowest BCUT2D eigenvalue weighted by atomic mass is 10.1. The highest BCUT2D eigenvalue weighted by Crippen LogP contribution is 2.27. The molecule has 2 aromatic carbocycles. The Labute approximate surface area is 154 Å². The van der Waals surface area contributed by atoms with Crippen molar-refractivity contribution in [3.8, 4) is 0 Å². The van der Waals surface area contributed by atoms with Gasteiger partial charge in [-0.1, -0.05) is 43.3 Å². The number of nitrogens with zero attached hydrogens (tertiary/aromatic N) is 2. The zero-order chi connectivity index (χ0) is 19.2. The number of para-hydroxylation sites is 1. The van der Waals surface area contributed by atoms with Crippen molar-refractivity contribution in [1.29, 1.82) is 0 Å². The maximum Gasteiger partial charge on any atom is 0.264 e. The van der Waals surface area contributed by atoms with Gasteiger partial charge in [-0.25, -0.2) is 13.8 Å². The Kier molecular flexibility index (Phi) is 6.52. The van der Waals surface area contributed by atoms with Crippen LogP contribution in [0.25, 0.3) is 0 Å². The first kappa shape index (κ1) is 19.7. The van der Waals surface area contributed by atoms with E-state index in [-0.39, 0.29) is 11.4 Å². The molecule has 2 aromatic rings. The van der Waals surface area contributed by atoms with Gasteiger partial charge in [0.05, 0.1) is 10.6 Å². The normalized spacial score (nSPS) is 10.9. The first-order valence-electron chi connectivity index (χ1n) is 8.31. The summed E-state index contributed by atoms with van der Waals surface area (Å²) in [4.78, 5) is 12.4. The number of hydrogen-bond acceptors (Lipinski definition) is 4. The number of amides is 1. The van der Waals surface area contributed by atoms with Gasteiger partial charge in [0.1, 0.15) is 6.54 Å². The van der Waals surface area contributed by atoms with Crippen LogP contribution < -0.4 is 9.73 Å². The molecule has 0 unspecified atom stereocenters. The maximum absolute atomic E-state index is 13.2. The molecule has 1 N–H and O–H groups in total. The molecule has 0 spiro atoms. The van der Waals surface area contributed by atoms with E-state index >= 15 is 0 Å². The van der Waals surface area contributed by atoms with Crippen molar-refractivity contribution in [3.63, 3.8) is 0 Å². The van der Waals surface area contributed by atoms with E-state index in [9.17, 15) is 13.2 Å². The molecule has 0 saturated heterocycles. The third kappa shape index (κ3) is 4.70. The van der Waals surface area contributed by atoms with Gasteiger partial charge in [0.15, 0.2) is 0 Å². The number of carbonyl (C=O) groups is 1. The maximum atomic E-state index is 13.2. The molecule has 0 fully saturated rings. The molecule has 0 aliphatic heterocycles. The smallest absolute Gasteiger partial charge is 0.264 e. The Morgan fingerprint density at radius 2 is 1.65 bits per heavy atom. The summed E-state index contributed by atoms with van der Waals surface area (Å²) >= 11 is 0. The van der Waals surface area contributed by atoms with E-state index in [4.69, 9.17) is 0 Å². The number of aryl methyl sites for hydroxylation is 1. The minimum atomic E-state index is -3.90. The third-order valence-corrected chi connectivity index (χ3v) is 5.44. The fourth-order valence-electron chi connectivity index (χ4n) is 2.41. The average Bonchev–Trinajstić information content (AvgIpc) is 2.65. The number of carbonyl (C=O) groups excluding carboxylic acids is 1. The minimum Gasteiger partial charge on any atom is -0.271 e. The van der Waals surface area contributed by atoms with Crippen LogP contribution in [0.3, 0.4) is 0 Å². The third-order valence-electron chi connectivity index (χ3n) is 3.66. The standard InChI is InChI=1S/C19H23N3O3S/c1-4-16-10-8-9-13-18(16)22(14-19(23)21-20-15(2)3)26(24,25)17-11-6-5-7-12-17/h5-13H,4,14H2,1-3H3,(H,21,23). The van der Waals surface area contributed by atoms with Crippen LogP contribution in [0.4, 0.5) is 5.69 Å². The largest absolute Gasteiger partial charge is 0.271 e. The van der Waals surface area contributed by atoms with Crippen LogP contribution in [0.15, 0.2) is 64.6 Å². The molecule has 0 bridgehead atoms. The highest BCUT2D eigenvalue weighted by atomic mass is 32.2. The summed E-state index contributed by atoms with van der Waals surface area (Å²) in [6.45, 7) is 5.07. The van der Waals surface area contributed by atoms with Gasteiger partial charge in [-0.2, -0.15) is 5.10 Å². The number of nitrogens with one attached hydrogen (secondary N) is 1. The Morgan fingerprint density at radius 1 is 1.04 bits per heavy atom. The van der Waals surface area contributed by atoms with E-state index in [1.807, 2.05) is 19.1 Å². The molecule has 26 heavy (non-hydrogen) atoms. The number of hydrogen-bond donors (Lipinski definition) is 1. The van der Waals surface area contributed by atoms with Gasteiger partial charge in [0.2, 0.25) is 0 Å². The zero-order valence-electron chi connectivity index (χ0n) is 15.1. The van der Waals surface area contributed by atoms with Crippen LogP contribution in [0.1, 0.15) is 26.3 Å². The first-order valence-corrected chi connectivity index (χ1v) is 9.75. The molecular formula is C19H23N3O3S. The van der Waals surface area contributed by atoms with Crippen molar-refractivity contribution in [3.05, 3.63) is 60.2 Å². The van der Waals surface area contributed by atoms with E-state index in [1.165, 1.54) is 12.1 Å². The molecule has 1 amide bonds. The lowest BCUT2D eigenvalue weighted by molar-refractivity contribution is -0.119. The van der Waals surface area contributed by atoms with Gasteiger partial charge in [-0.05, 0) is 44.0 Å². The number of benzene rings is 2. The summed E-state index contributed by atoms with van der Waals surface area (Å²) in [7, 11) is -3.90. The van der Waals surface area contributed by atoms with Crippen molar-refractivity contribution in [1.82, 2.24) is 5.43 Å². The number of sulfonamides is 1. The molecule has 0 aromatic heterocycles. The first-order chi connectivity index (χ1) is 12.4. The summed E-state index contributed by atoms with van der Waals surface area (Å²) in [5.74, 6) is -0.503. The van der Waals surface area contributed by atoms with E-state index in [0.717, 1.165) is 9.87 Å². The summed E-state index contributed by atoms with van der Waals surface area (Å²) in [6, 6.07) is 15.3. The zero-order valence-corrected chi connectivity index (χ0v) is 16.0. The summed E-state index contributed by atoms with van der Waals surface area (Å²) in [5.41, 5.74) is 4.39. The summed E-state index contributed by atoms with van der Waals surface area (Å²) in [6.07, 6.45) is 0.644. The van der Waals surface area contributed by atoms with Crippen LogP contribution in [-0.4, -0.2) is 26.6 Å². The van der Waals surface area contributed by atoms with E-state index in [0.29, 0.717) is 17.8 Å². The second-order valence-electron chi connectivity index (χ2n) is 5.90. The highest BCUT2D eigenvalue weighted by molar-refractivity contribution is 7.92. The van der Waals surface area contributed by atoms with Gasteiger partial charge in [-0.15, -0.1) is 0 Å². The minimum absolute atomic E-state index is 0.133. The predicted molar refractivity (Wildman–Crippen MR) is 104 cm³/mol. The van der Waals surface area contributed by atoms with Crippen molar-refractivity contribution in [2.45, 2.75) is 32.1 Å². The topological polar surface area (TPSA) is 78.8 Å². The lowest BCUT2D eigenvalue weighted by Gasteiger charge is -2.25. The van der Waals surface area contributed by atoms with Gasteiger partial charge in [0, 0.05) is 5.71 Å². The Bertz CT molecular complexity index is 889. The highest BCUT2D eigenvalue weighted by Gasteiger charge is 2.28. The lowest BCUT2D eigenvalue weighted by Crippen LogP contribution is -2.40. The molecule has 7 heteroatoms. The second-order valence-corrected chi connectivity index (χ2v) is 7.76. The molecule has 0 aliphatic rings. The molecule has 0 heterocycles. The molecule has 0 aliphatic carbocycles. The monoisotopic (exact) mass is 373 g/mol. The second kappa shape index (κ2) is 8.62. The van der Waals surface area contributed by atoms with Gasteiger partial charge < -0.3 is 0 Å². The van der Waals surface area contributed by atoms with Crippen molar-refractivity contribution in [2.75, 3.05) is 10.8 Å². The quantitative estimate of drug-likeness (QED) is 0.599. The van der Waals surface area contributed by atoms with Crippen molar-refractivity contribution in [2.24, 2.45) is 5.10 Å². The van der Waals surface area contributed by atoms with E-state index in [2.05, 4.69) is 10.5 Å². The SMILES string of the molecule is CCc1ccccc1N(CC(=O)NN=C(C)C)S(=O)(=O)c1ccccc1. The molecule has 0 atom stereocenters. The number of rotatable bonds is 7. The van der Waals surface area contributed by atoms with Crippen LogP contribution in [-0.2, 0) is 21.2 Å². The molecule has 0 saturated carbocycles.